The van der Waals surface area contributed by atoms with Crippen molar-refractivity contribution in [3.63, 3.8) is 0 Å². The molecule has 1 amide bonds. The van der Waals surface area contributed by atoms with E-state index in [0.717, 1.165) is 28.6 Å². The van der Waals surface area contributed by atoms with Crippen molar-refractivity contribution in [3.8, 4) is 11.5 Å². The van der Waals surface area contributed by atoms with Crippen LogP contribution in [0.5, 0.6) is 11.5 Å². The van der Waals surface area contributed by atoms with Gasteiger partial charge in [0.15, 0.2) is 0 Å². The summed E-state index contributed by atoms with van der Waals surface area (Å²) in [5.41, 5.74) is 2.57. The highest BCUT2D eigenvalue weighted by Gasteiger charge is 2.29. The lowest BCUT2D eigenvalue weighted by Gasteiger charge is -2.15. The van der Waals surface area contributed by atoms with Gasteiger partial charge in [-0.1, -0.05) is 50.0 Å². The molecule has 168 valence electrons. The summed E-state index contributed by atoms with van der Waals surface area (Å²) in [6.45, 7) is 6.76. The molecule has 1 heterocycles. The molecule has 3 rings (SSSR count). The Kier molecular flexibility index (Phi) is 7.52. The maximum Gasteiger partial charge on any atom is 0.270 e. The van der Waals surface area contributed by atoms with Gasteiger partial charge in [-0.3, -0.25) is 19.8 Å². The van der Waals surface area contributed by atoms with Crippen LogP contribution in [0.15, 0.2) is 41.3 Å². The fourth-order valence-electron chi connectivity index (χ4n) is 3.13. The lowest BCUT2D eigenvalue weighted by Crippen LogP contribution is -2.22. The molecule has 0 radical (unpaired) electrons. The molecule has 9 heteroatoms. The first-order valence-corrected chi connectivity index (χ1v) is 11.3. The van der Waals surface area contributed by atoms with Crippen LogP contribution in [0.25, 0.3) is 6.08 Å². The molecular formula is C23H24N2O5S2. The maximum atomic E-state index is 12.3. The minimum Gasteiger partial charge on any atom is -0.490 e. The monoisotopic (exact) mass is 472 g/mol. The quantitative estimate of drug-likeness (QED) is 0.169. The minimum absolute atomic E-state index is 0.0897. The molecule has 1 saturated heterocycles. The molecule has 7 nitrogen and oxygen atoms in total. The Balaban J connectivity index is 1.76. The number of nitrogens with zero attached hydrogens (tertiary/aromatic N) is 2. The number of carbonyl (C=O) groups excluding carboxylic acids is 1. The molecule has 1 fully saturated rings. The van der Waals surface area contributed by atoms with Gasteiger partial charge in [0.25, 0.3) is 11.6 Å². The summed E-state index contributed by atoms with van der Waals surface area (Å²) in [6, 6.07) is 10.4. The molecule has 2 aromatic rings. The summed E-state index contributed by atoms with van der Waals surface area (Å²) < 4.78 is 12.2. The Hall–Kier alpha value is -2.91. The van der Waals surface area contributed by atoms with Crippen LogP contribution in [0.2, 0.25) is 0 Å². The van der Waals surface area contributed by atoms with E-state index in [9.17, 15) is 14.9 Å². The van der Waals surface area contributed by atoms with E-state index in [1.807, 2.05) is 13.0 Å². The molecular weight excluding hydrogens is 448 g/mol. The average molecular weight is 473 g/mol. The Bertz CT molecular complexity index is 1100. The normalized spacial score (nSPS) is 15.0. The highest BCUT2D eigenvalue weighted by atomic mass is 32.2. The van der Waals surface area contributed by atoms with Gasteiger partial charge in [0.1, 0.15) is 29.0 Å². The number of likely N-dealkylation sites (N-methyl/N-ethyl adjacent to an activating group) is 1. The van der Waals surface area contributed by atoms with E-state index in [4.69, 9.17) is 21.7 Å². The summed E-state index contributed by atoms with van der Waals surface area (Å²) in [6.07, 6.45) is 1.57. The molecule has 0 N–H and O–H groups in total. The van der Waals surface area contributed by atoms with E-state index in [1.54, 1.807) is 13.1 Å². The number of nitro benzene ring substituents is 1. The van der Waals surface area contributed by atoms with Gasteiger partial charge in [0.05, 0.1) is 9.83 Å². The highest BCUT2D eigenvalue weighted by Crippen LogP contribution is 2.34. The summed E-state index contributed by atoms with van der Waals surface area (Å²) >= 11 is 6.30. The Morgan fingerprint density at radius 1 is 1.16 bits per heavy atom. The van der Waals surface area contributed by atoms with E-state index in [-0.39, 0.29) is 18.2 Å². The van der Waals surface area contributed by atoms with Gasteiger partial charge in [0, 0.05) is 24.7 Å². The van der Waals surface area contributed by atoms with Crippen LogP contribution in [-0.2, 0) is 4.79 Å². The Morgan fingerprint density at radius 2 is 1.84 bits per heavy atom. The van der Waals surface area contributed by atoms with Gasteiger partial charge >= 0.3 is 0 Å². The zero-order chi connectivity index (χ0) is 23.4. The van der Waals surface area contributed by atoms with E-state index >= 15 is 0 Å². The molecule has 0 aliphatic carbocycles. The van der Waals surface area contributed by atoms with Crippen LogP contribution in [-0.4, -0.2) is 40.3 Å². The fourth-order valence-corrected chi connectivity index (χ4v) is 4.30. The number of amides is 1. The first-order valence-electron chi connectivity index (χ1n) is 10.0. The zero-order valence-electron chi connectivity index (χ0n) is 18.3. The van der Waals surface area contributed by atoms with Crippen molar-refractivity contribution in [1.29, 1.82) is 0 Å². The summed E-state index contributed by atoms with van der Waals surface area (Å²) in [4.78, 5) is 24.8. The SMILES string of the molecule is Cc1ccc(C(C)C)c(OCCOc2ccc([N+](=O)[O-])cc2/C=C2/SC(=S)N(C)C2=O)c1. The van der Waals surface area contributed by atoms with Gasteiger partial charge in [-0.05, 0) is 42.2 Å². The van der Waals surface area contributed by atoms with Crippen LogP contribution >= 0.6 is 24.0 Å². The molecule has 0 spiro atoms. The van der Waals surface area contributed by atoms with Crippen molar-refractivity contribution in [3.05, 3.63) is 68.1 Å². The largest absolute Gasteiger partial charge is 0.490 e. The van der Waals surface area contributed by atoms with Crippen LogP contribution in [0.3, 0.4) is 0 Å². The second kappa shape index (κ2) is 10.1. The number of nitro groups is 1. The topological polar surface area (TPSA) is 81.9 Å². The zero-order valence-corrected chi connectivity index (χ0v) is 19.9. The van der Waals surface area contributed by atoms with Gasteiger partial charge in [-0.15, -0.1) is 0 Å². The van der Waals surface area contributed by atoms with Crippen LogP contribution < -0.4 is 9.47 Å². The third kappa shape index (κ3) is 5.46. The van der Waals surface area contributed by atoms with E-state index in [0.29, 0.717) is 33.1 Å². The van der Waals surface area contributed by atoms with Crippen molar-refractivity contribution in [1.82, 2.24) is 4.90 Å². The molecule has 1 aliphatic heterocycles. The van der Waals surface area contributed by atoms with Crippen molar-refractivity contribution in [2.75, 3.05) is 20.3 Å². The number of rotatable bonds is 8. The first-order chi connectivity index (χ1) is 15.2. The number of aryl methyl sites for hydroxylation is 1. The minimum atomic E-state index is -0.486. The molecule has 0 atom stereocenters. The molecule has 1 aliphatic rings. The number of carbonyl (C=O) groups is 1. The molecule has 0 bridgehead atoms. The molecule has 32 heavy (non-hydrogen) atoms. The average Bonchev–Trinajstić information content (AvgIpc) is 2.98. The summed E-state index contributed by atoms with van der Waals surface area (Å²) in [5, 5.41) is 11.2. The number of benzene rings is 2. The number of hydrogen-bond donors (Lipinski definition) is 0. The lowest BCUT2D eigenvalue weighted by molar-refractivity contribution is -0.384. The van der Waals surface area contributed by atoms with Gasteiger partial charge in [-0.2, -0.15) is 0 Å². The maximum absolute atomic E-state index is 12.3. The second-order valence-corrected chi connectivity index (χ2v) is 9.29. The third-order valence-corrected chi connectivity index (χ3v) is 6.35. The predicted octanol–water partition coefficient (Wildman–Crippen LogP) is 5.32. The van der Waals surface area contributed by atoms with Crippen LogP contribution in [0, 0.1) is 17.0 Å². The van der Waals surface area contributed by atoms with Gasteiger partial charge in [0.2, 0.25) is 0 Å². The highest BCUT2D eigenvalue weighted by molar-refractivity contribution is 8.26. The second-order valence-electron chi connectivity index (χ2n) is 7.61. The van der Waals surface area contributed by atoms with E-state index in [1.165, 1.54) is 23.1 Å². The standard InChI is InChI=1S/C23H24N2O5S2/c1-14(2)18-7-5-15(3)11-20(18)30-10-9-29-19-8-6-17(25(27)28)12-16(19)13-21-22(26)24(4)23(31)32-21/h5-8,11-14H,9-10H2,1-4H3/b21-13+. The number of thioether (sulfide) groups is 1. The fraction of sp³-hybridized carbons (Fsp3) is 0.304. The number of thiocarbonyl (C=S) groups is 1. The third-order valence-electron chi connectivity index (χ3n) is 4.87. The van der Waals surface area contributed by atoms with E-state index in [2.05, 4.69) is 26.0 Å². The number of ether oxygens (including phenoxy) is 2. The van der Waals surface area contributed by atoms with Crippen molar-refractivity contribution in [2.45, 2.75) is 26.7 Å². The van der Waals surface area contributed by atoms with E-state index < -0.39 is 4.92 Å². The van der Waals surface area contributed by atoms with Crippen molar-refractivity contribution < 1.29 is 19.2 Å². The van der Waals surface area contributed by atoms with Crippen LogP contribution in [0.4, 0.5) is 5.69 Å². The van der Waals surface area contributed by atoms with Gasteiger partial charge in [-0.25, -0.2) is 0 Å². The molecule has 0 unspecified atom stereocenters. The predicted molar refractivity (Wildman–Crippen MR) is 130 cm³/mol. The summed E-state index contributed by atoms with van der Waals surface area (Å²) in [5.74, 6) is 1.32. The molecule has 2 aromatic carbocycles. The lowest BCUT2D eigenvalue weighted by atomic mass is 10.0. The number of non-ortho nitro benzene ring substituents is 1. The summed E-state index contributed by atoms with van der Waals surface area (Å²) in [7, 11) is 1.59. The smallest absolute Gasteiger partial charge is 0.270 e. The van der Waals surface area contributed by atoms with Gasteiger partial charge < -0.3 is 9.47 Å². The Morgan fingerprint density at radius 3 is 2.44 bits per heavy atom. The van der Waals surface area contributed by atoms with Crippen LogP contribution in [0.1, 0.15) is 36.5 Å². The van der Waals surface area contributed by atoms with Crippen molar-refractivity contribution in [2.24, 2.45) is 0 Å². The number of hydrogen-bond acceptors (Lipinski definition) is 7. The molecule has 0 saturated carbocycles. The first kappa shape index (κ1) is 23.7. The Labute approximate surface area is 196 Å². The molecule has 0 aromatic heterocycles. The van der Waals surface area contributed by atoms with Crippen molar-refractivity contribution >= 4 is 46.0 Å².